The molecule has 0 heterocycles. The van der Waals surface area contributed by atoms with Crippen molar-refractivity contribution in [2.45, 2.75) is 6.54 Å². The highest BCUT2D eigenvalue weighted by Crippen LogP contribution is 2.33. The van der Waals surface area contributed by atoms with E-state index in [1.807, 2.05) is 0 Å². The number of hydrogen-bond donors (Lipinski definition) is 3. The van der Waals surface area contributed by atoms with Gasteiger partial charge in [0, 0.05) is 50.4 Å². The van der Waals surface area contributed by atoms with E-state index in [-0.39, 0.29) is 11.8 Å². The number of nitrogens with one attached hydrogen (secondary N) is 2. The Morgan fingerprint density at radius 1 is 1.40 bits per heavy atom. The van der Waals surface area contributed by atoms with Gasteiger partial charge in [0.2, 0.25) is 0 Å². The zero-order chi connectivity index (χ0) is 15.1. The number of rotatable bonds is 6. The number of amides is 2. The third-order valence-electron chi connectivity index (χ3n) is 2.64. The molecule has 0 saturated heterocycles. The van der Waals surface area contributed by atoms with Crippen LogP contribution in [-0.4, -0.2) is 50.3 Å². The standard InChI is InChI=1S/C13H20ClN3O3/c1-17(2)13(19)16-5-4-15-8-9-6-10(14)7-11(20-3)12(9)18/h6-7,15,18H,4-5,8H2,1-3H3,(H,16,19). The second kappa shape index (κ2) is 7.81. The molecule has 0 aliphatic heterocycles. The summed E-state index contributed by atoms with van der Waals surface area (Å²) in [7, 11) is 4.83. The number of carbonyl (C=O) groups excluding carboxylic acids is 1. The van der Waals surface area contributed by atoms with Gasteiger partial charge in [-0.2, -0.15) is 0 Å². The lowest BCUT2D eigenvalue weighted by Crippen LogP contribution is -2.38. The molecule has 3 N–H and O–H groups in total. The third kappa shape index (κ3) is 4.79. The summed E-state index contributed by atoms with van der Waals surface area (Å²) >= 11 is 5.94. The second-order valence-electron chi connectivity index (χ2n) is 4.42. The average Bonchev–Trinajstić information content (AvgIpc) is 2.41. The summed E-state index contributed by atoms with van der Waals surface area (Å²) in [5, 5.41) is 16.3. The number of ether oxygens (including phenoxy) is 1. The largest absolute Gasteiger partial charge is 0.504 e. The fourth-order valence-corrected chi connectivity index (χ4v) is 1.79. The van der Waals surface area contributed by atoms with Gasteiger partial charge in [-0.3, -0.25) is 0 Å². The van der Waals surface area contributed by atoms with Crippen LogP contribution >= 0.6 is 11.6 Å². The number of benzene rings is 1. The first-order chi connectivity index (χ1) is 9.45. The van der Waals surface area contributed by atoms with Crippen LogP contribution in [0, 0.1) is 0 Å². The van der Waals surface area contributed by atoms with Crippen molar-refractivity contribution < 1.29 is 14.6 Å². The molecule has 1 aromatic carbocycles. The van der Waals surface area contributed by atoms with E-state index in [2.05, 4.69) is 10.6 Å². The molecule has 0 aromatic heterocycles. The van der Waals surface area contributed by atoms with Crippen molar-refractivity contribution >= 4 is 17.6 Å². The van der Waals surface area contributed by atoms with Crippen LogP contribution in [0.3, 0.4) is 0 Å². The number of carbonyl (C=O) groups is 1. The van der Waals surface area contributed by atoms with E-state index in [9.17, 15) is 9.90 Å². The van der Waals surface area contributed by atoms with E-state index < -0.39 is 0 Å². The normalized spacial score (nSPS) is 10.2. The topological polar surface area (TPSA) is 73.8 Å². The van der Waals surface area contributed by atoms with Crippen LogP contribution in [0.2, 0.25) is 5.02 Å². The molecule has 20 heavy (non-hydrogen) atoms. The summed E-state index contributed by atoms with van der Waals surface area (Å²) in [6.07, 6.45) is 0. The predicted molar refractivity (Wildman–Crippen MR) is 78.5 cm³/mol. The van der Waals surface area contributed by atoms with Gasteiger partial charge in [-0.15, -0.1) is 0 Å². The van der Waals surface area contributed by atoms with Gasteiger partial charge in [-0.05, 0) is 6.07 Å². The number of nitrogens with zero attached hydrogens (tertiary/aromatic N) is 1. The van der Waals surface area contributed by atoms with Gasteiger partial charge in [0.1, 0.15) is 0 Å². The van der Waals surface area contributed by atoms with Gasteiger partial charge in [-0.25, -0.2) is 4.79 Å². The molecule has 0 fully saturated rings. The summed E-state index contributed by atoms with van der Waals surface area (Å²) in [4.78, 5) is 12.7. The number of urea groups is 1. The van der Waals surface area contributed by atoms with Crippen LogP contribution in [0.15, 0.2) is 12.1 Å². The Hall–Kier alpha value is -1.66. The molecule has 2 amide bonds. The Morgan fingerprint density at radius 3 is 2.70 bits per heavy atom. The van der Waals surface area contributed by atoms with Crippen LogP contribution in [-0.2, 0) is 6.54 Å². The zero-order valence-electron chi connectivity index (χ0n) is 11.9. The Balaban J connectivity index is 2.43. The van der Waals surface area contributed by atoms with Gasteiger partial charge < -0.3 is 25.4 Å². The summed E-state index contributed by atoms with van der Waals surface area (Å²) in [5.41, 5.74) is 0.647. The highest BCUT2D eigenvalue weighted by Gasteiger charge is 2.09. The van der Waals surface area contributed by atoms with Crippen molar-refractivity contribution in [3.8, 4) is 11.5 Å². The Labute approximate surface area is 123 Å². The molecule has 0 saturated carbocycles. The molecular formula is C13H20ClN3O3. The zero-order valence-corrected chi connectivity index (χ0v) is 12.6. The Bertz CT molecular complexity index is 466. The van der Waals surface area contributed by atoms with Crippen molar-refractivity contribution in [3.63, 3.8) is 0 Å². The maximum atomic E-state index is 11.3. The first kappa shape index (κ1) is 16.4. The van der Waals surface area contributed by atoms with Crippen molar-refractivity contribution in [2.75, 3.05) is 34.3 Å². The Kier molecular flexibility index (Phi) is 6.41. The van der Waals surface area contributed by atoms with Crippen molar-refractivity contribution in [2.24, 2.45) is 0 Å². The Morgan fingerprint density at radius 2 is 2.10 bits per heavy atom. The van der Waals surface area contributed by atoms with Gasteiger partial charge in [0.05, 0.1) is 7.11 Å². The SMILES string of the molecule is COc1cc(Cl)cc(CNCCNC(=O)N(C)C)c1O. The fourth-order valence-electron chi connectivity index (χ4n) is 1.56. The maximum Gasteiger partial charge on any atom is 0.316 e. The molecule has 1 rings (SSSR count). The van der Waals surface area contributed by atoms with E-state index in [0.717, 1.165) is 0 Å². The van der Waals surface area contributed by atoms with Gasteiger partial charge in [0.15, 0.2) is 11.5 Å². The minimum absolute atomic E-state index is 0.0710. The quantitative estimate of drug-likeness (QED) is 0.695. The highest BCUT2D eigenvalue weighted by atomic mass is 35.5. The number of methoxy groups -OCH3 is 1. The molecular weight excluding hydrogens is 282 g/mol. The molecule has 0 spiro atoms. The molecule has 7 heteroatoms. The number of halogens is 1. The van der Waals surface area contributed by atoms with Crippen LogP contribution in [0.4, 0.5) is 4.79 Å². The van der Waals surface area contributed by atoms with Crippen molar-refractivity contribution in [1.82, 2.24) is 15.5 Å². The van der Waals surface area contributed by atoms with E-state index in [1.165, 1.54) is 12.0 Å². The van der Waals surface area contributed by atoms with Crippen LogP contribution in [0.25, 0.3) is 0 Å². The number of hydrogen-bond acceptors (Lipinski definition) is 4. The molecule has 0 atom stereocenters. The first-order valence-corrected chi connectivity index (χ1v) is 6.54. The second-order valence-corrected chi connectivity index (χ2v) is 4.86. The van der Waals surface area contributed by atoms with E-state index in [0.29, 0.717) is 36.0 Å². The summed E-state index contributed by atoms with van der Waals surface area (Å²) in [6, 6.07) is 3.08. The average molecular weight is 302 g/mol. The lowest BCUT2D eigenvalue weighted by molar-refractivity contribution is 0.217. The first-order valence-electron chi connectivity index (χ1n) is 6.17. The molecule has 6 nitrogen and oxygen atoms in total. The lowest BCUT2D eigenvalue weighted by Gasteiger charge is -2.13. The summed E-state index contributed by atoms with van der Waals surface area (Å²) < 4.78 is 5.03. The fraction of sp³-hybridized carbons (Fsp3) is 0.462. The van der Waals surface area contributed by atoms with Gasteiger partial charge >= 0.3 is 6.03 Å². The molecule has 0 aliphatic carbocycles. The minimum atomic E-state index is -0.140. The van der Waals surface area contributed by atoms with Crippen molar-refractivity contribution in [1.29, 1.82) is 0 Å². The van der Waals surface area contributed by atoms with Crippen molar-refractivity contribution in [3.05, 3.63) is 22.7 Å². The van der Waals surface area contributed by atoms with Gasteiger partial charge in [0.25, 0.3) is 0 Å². The highest BCUT2D eigenvalue weighted by molar-refractivity contribution is 6.30. The van der Waals surface area contributed by atoms with Crippen LogP contribution in [0.5, 0.6) is 11.5 Å². The maximum absolute atomic E-state index is 11.3. The van der Waals surface area contributed by atoms with E-state index >= 15 is 0 Å². The number of phenols is 1. The monoisotopic (exact) mass is 301 g/mol. The third-order valence-corrected chi connectivity index (χ3v) is 2.86. The number of phenolic OH excluding ortho intramolecular Hbond substituents is 1. The van der Waals surface area contributed by atoms with Gasteiger partial charge in [-0.1, -0.05) is 11.6 Å². The van der Waals surface area contributed by atoms with E-state index in [1.54, 1.807) is 26.2 Å². The van der Waals surface area contributed by atoms with E-state index in [4.69, 9.17) is 16.3 Å². The smallest absolute Gasteiger partial charge is 0.316 e. The predicted octanol–water partition coefficient (Wildman–Crippen LogP) is 1.41. The molecule has 112 valence electrons. The molecule has 0 bridgehead atoms. The minimum Gasteiger partial charge on any atom is -0.504 e. The molecule has 0 radical (unpaired) electrons. The van der Waals surface area contributed by atoms with Crippen LogP contribution in [0.1, 0.15) is 5.56 Å². The summed E-state index contributed by atoms with van der Waals surface area (Å²) in [6.45, 7) is 1.50. The summed E-state index contributed by atoms with van der Waals surface area (Å²) in [5.74, 6) is 0.414. The molecule has 1 aromatic rings. The number of aromatic hydroxyl groups is 1. The molecule has 0 unspecified atom stereocenters. The molecule has 0 aliphatic rings. The van der Waals surface area contributed by atoms with Crippen LogP contribution < -0.4 is 15.4 Å². The lowest BCUT2D eigenvalue weighted by atomic mass is 10.2.